The van der Waals surface area contributed by atoms with Gasteiger partial charge in [0.15, 0.2) is 5.65 Å². The van der Waals surface area contributed by atoms with Gasteiger partial charge in [0.1, 0.15) is 0 Å². The number of carbonyl (C=O) groups is 1. The lowest BCUT2D eigenvalue weighted by molar-refractivity contribution is -0.120. The molecular weight excluding hydrogens is 488 g/mol. The molecule has 7 rings (SSSR count). The fourth-order valence-electron chi connectivity index (χ4n) is 5.46. The van der Waals surface area contributed by atoms with Crippen LogP contribution in [0.15, 0.2) is 73.6 Å². The quantitative estimate of drug-likeness (QED) is 0.254. The van der Waals surface area contributed by atoms with Gasteiger partial charge in [-0.3, -0.25) is 24.8 Å². The number of rotatable bonds is 5. The van der Waals surface area contributed by atoms with E-state index in [2.05, 4.69) is 52.6 Å². The summed E-state index contributed by atoms with van der Waals surface area (Å²) < 4.78 is 0. The van der Waals surface area contributed by atoms with E-state index in [0.717, 1.165) is 75.7 Å². The average Bonchev–Trinajstić information content (AvgIpc) is 3.62. The molecule has 9 heteroatoms. The van der Waals surface area contributed by atoms with Crippen LogP contribution in [0.4, 0.5) is 5.69 Å². The third-order valence-electron chi connectivity index (χ3n) is 7.48. The summed E-state index contributed by atoms with van der Waals surface area (Å²) in [6, 6.07) is 11.9. The number of pyridine rings is 4. The van der Waals surface area contributed by atoms with Crippen molar-refractivity contribution >= 4 is 33.5 Å². The summed E-state index contributed by atoms with van der Waals surface area (Å²) in [5.41, 5.74) is 7.58. The zero-order valence-corrected chi connectivity index (χ0v) is 21.2. The van der Waals surface area contributed by atoms with Crippen molar-refractivity contribution in [1.82, 2.24) is 35.1 Å². The Kier molecular flexibility index (Phi) is 5.81. The highest BCUT2D eigenvalue weighted by atomic mass is 16.1. The van der Waals surface area contributed by atoms with E-state index in [0.29, 0.717) is 11.3 Å². The maximum atomic E-state index is 12.8. The van der Waals surface area contributed by atoms with Crippen molar-refractivity contribution in [2.45, 2.75) is 32.1 Å². The highest BCUT2D eigenvalue weighted by Gasteiger charge is 2.21. The number of hydrogen-bond donors (Lipinski definition) is 3. The average molecular weight is 515 g/mol. The Morgan fingerprint density at radius 3 is 2.59 bits per heavy atom. The molecule has 1 fully saturated rings. The zero-order chi connectivity index (χ0) is 26.2. The van der Waals surface area contributed by atoms with Crippen LogP contribution in [-0.2, 0) is 4.79 Å². The highest BCUT2D eigenvalue weighted by Crippen LogP contribution is 2.34. The molecular formula is C30H26N8O. The van der Waals surface area contributed by atoms with Crippen LogP contribution in [0.1, 0.15) is 32.1 Å². The lowest BCUT2D eigenvalue weighted by Crippen LogP contribution is -2.24. The van der Waals surface area contributed by atoms with E-state index in [-0.39, 0.29) is 11.8 Å². The molecule has 0 radical (unpaired) electrons. The Labute approximate surface area is 224 Å². The van der Waals surface area contributed by atoms with Gasteiger partial charge in [-0.05, 0) is 49.2 Å². The second-order valence-corrected chi connectivity index (χ2v) is 10.0. The monoisotopic (exact) mass is 514 g/mol. The van der Waals surface area contributed by atoms with Crippen LogP contribution >= 0.6 is 0 Å². The number of nitrogens with zero attached hydrogens (tertiary/aromatic N) is 5. The smallest absolute Gasteiger partial charge is 0.227 e. The van der Waals surface area contributed by atoms with Gasteiger partial charge in [-0.2, -0.15) is 5.10 Å². The summed E-state index contributed by atoms with van der Waals surface area (Å²) in [5.74, 6) is 0.164. The molecule has 192 valence electrons. The Bertz CT molecular complexity index is 1800. The minimum atomic E-state index is 0.0818. The summed E-state index contributed by atoms with van der Waals surface area (Å²) in [5, 5.41) is 12.5. The van der Waals surface area contributed by atoms with Crippen molar-refractivity contribution in [3.8, 4) is 33.8 Å². The number of aromatic amines is 2. The SMILES string of the molecule is O=C(Nc1cncc(-c2cnc3n[nH]c(-c4cc5c(-c6cccnc6)nccc5[nH]4)c3c2)c1)C1CCCCC1. The topological polar surface area (TPSA) is 125 Å². The van der Waals surface area contributed by atoms with Crippen molar-refractivity contribution in [3.63, 3.8) is 0 Å². The standard InChI is InChI=1S/C30H26N8O/c39-30(18-5-2-1-3-6-18)35-22-11-20(15-32-17-22)21-12-24-28(37-38-29(24)34-16-21)26-13-23-25(36-26)8-10-33-27(23)19-7-4-9-31-14-19/h4,7-18,36H,1-3,5-6H2,(H,35,39)(H,34,37,38). The number of fused-ring (bicyclic) bond motifs is 2. The van der Waals surface area contributed by atoms with E-state index in [9.17, 15) is 4.79 Å². The molecule has 0 spiro atoms. The molecule has 6 heterocycles. The van der Waals surface area contributed by atoms with E-state index < -0.39 is 0 Å². The maximum absolute atomic E-state index is 12.8. The molecule has 0 bridgehead atoms. The van der Waals surface area contributed by atoms with Crippen LogP contribution in [0.25, 0.3) is 55.7 Å². The molecule has 9 nitrogen and oxygen atoms in total. The second kappa shape index (κ2) is 9.75. The molecule has 1 aliphatic carbocycles. The third kappa shape index (κ3) is 4.41. The molecule has 6 aromatic rings. The molecule has 0 saturated heterocycles. The van der Waals surface area contributed by atoms with Gasteiger partial charge in [0.2, 0.25) is 5.91 Å². The van der Waals surface area contributed by atoms with Gasteiger partial charge in [0, 0.05) is 69.9 Å². The minimum Gasteiger partial charge on any atom is -0.353 e. The normalized spacial score (nSPS) is 14.2. The molecule has 0 atom stereocenters. The predicted octanol–water partition coefficient (Wildman–Crippen LogP) is 6.14. The predicted molar refractivity (Wildman–Crippen MR) is 151 cm³/mol. The Morgan fingerprint density at radius 1 is 0.846 bits per heavy atom. The first-order valence-corrected chi connectivity index (χ1v) is 13.2. The Hall–Kier alpha value is -4.92. The van der Waals surface area contributed by atoms with Crippen LogP contribution in [-0.4, -0.2) is 41.0 Å². The van der Waals surface area contributed by atoms with Crippen molar-refractivity contribution in [2.75, 3.05) is 5.32 Å². The second-order valence-electron chi connectivity index (χ2n) is 10.0. The highest BCUT2D eigenvalue weighted by molar-refractivity contribution is 6.00. The molecule has 3 N–H and O–H groups in total. The maximum Gasteiger partial charge on any atom is 0.227 e. The fourth-order valence-corrected chi connectivity index (χ4v) is 5.46. The van der Waals surface area contributed by atoms with E-state index in [1.165, 1.54) is 6.42 Å². The molecule has 6 aromatic heterocycles. The van der Waals surface area contributed by atoms with Crippen molar-refractivity contribution in [1.29, 1.82) is 0 Å². The van der Waals surface area contributed by atoms with Gasteiger partial charge >= 0.3 is 0 Å². The summed E-state index contributed by atoms with van der Waals surface area (Å²) in [7, 11) is 0. The lowest BCUT2D eigenvalue weighted by atomic mass is 9.88. The first-order chi connectivity index (χ1) is 19.2. The number of aromatic nitrogens is 7. The number of carbonyl (C=O) groups excluding carboxylic acids is 1. The lowest BCUT2D eigenvalue weighted by Gasteiger charge is -2.20. The van der Waals surface area contributed by atoms with Gasteiger partial charge in [-0.25, -0.2) is 4.98 Å². The largest absolute Gasteiger partial charge is 0.353 e. The summed E-state index contributed by atoms with van der Waals surface area (Å²) in [4.78, 5) is 34.1. The van der Waals surface area contributed by atoms with Crippen molar-refractivity contribution in [3.05, 3.63) is 73.6 Å². The molecule has 39 heavy (non-hydrogen) atoms. The molecule has 0 aromatic carbocycles. The van der Waals surface area contributed by atoms with Gasteiger partial charge in [0.25, 0.3) is 0 Å². The van der Waals surface area contributed by atoms with Crippen LogP contribution in [0.3, 0.4) is 0 Å². The Morgan fingerprint density at radius 2 is 1.72 bits per heavy atom. The van der Waals surface area contributed by atoms with Gasteiger partial charge in [-0.1, -0.05) is 19.3 Å². The fraction of sp³-hybridized carbons (Fsp3) is 0.200. The molecule has 1 saturated carbocycles. The molecule has 1 amide bonds. The first kappa shape index (κ1) is 23.2. The van der Waals surface area contributed by atoms with E-state index in [4.69, 9.17) is 0 Å². The van der Waals surface area contributed by atoms with E-state index in [1.54, 1.807) is 31.0 Å². The van der Waals surface area contributed by atoms with Gasteiger partial charge < -0.3 is 10.3 Å². The number of amides is 1. The van der Waals surface area contributed by atoms with E-state index in [1.807, 2.05) is 30.5 Å². The van der Waals surface area contributed by atoms with Crippen molar-refractivity contribution < 1.29 is 4.79 Å². The zero-order valence-electron chi connectivity index (χ0n) is 21.2. The number of H-pyrrole nitrogens is 2. The van der Waals surface area contributed by atoms with Crippen LogP contribution in [0.5, 0.6) is 0 Å². The molecule has 0 unspecified atom stereocenters. The third-order valence-corrected chi connectivity index (χ3v) is 7.48. The molecule has 0 aliphatic heterocycles. The van der Waals surface area contributed by atoms with Gasteiger partial charge in [0.05, 0.1) is 29.0 Å². The Balaban J connectivity index is 1.23. The summed E-state index contributed by atoms with van der Waals surface area (Å²) >= 11 is 0. The number of hydrogen-bond acceptors (Lipinski definition) is 6. The van der Waals surface area contributed by atoms with E-state index >= 15 is 0 Å². The number of nitrogens with one attached hydrogen (secondary N) is 3. The van der Waals surface area contributed by atoms with Gasteiger partial charge in [-0.15, -0.1) is 0 Å². The van der Waals surface area contributed by atoms with Crippen LogP contribution < -0.4 is 5.32 Å². The minimum absolute atomic E-state index is 0.0818. The first-order valence-electron chi connectivity index (χ1n) is 13.2. The van der Waals surface area contributed by atoms with Crippen LogP contribution in [0.2, 0.25) is 0 Å². The van der Waals surface area contributed by atoms with Crippen molar-refractivity contribution in [2.24, 2.45) is 5.92 Å². The number of anilines is 1. The molecule has 1 aliphatic rings. The summed E-state index contributed by atoms with van der Waals surface area (Å²) in [6.07, 6.45) is 16.0. The van der Waals surface area contributed by atoms with Crippen LogP contribution in [0, 0.1) is 5.92 Å². The summed E-state index contributed by atoms with van der Waals surface area (Å²) in [6.45, 7) is 0.